The third kappa shape index (κ3) is 6.20. The molecule has 2 heterocycles. The predicted molar refractivity (Wildman–Crippen MR) is 124 cm³/mol. The van der Waals surface area contributed by atoms with E-state index in [4.69, 9.17) is 9.47 Å². The molecule has 3 rings (SSSR count). The highest BCUT2D eigenvalue weighted by Crippen LogP contribution is 2.40. The van der Waals surface area contributed by atoms with Gasteiger partial charge < -0.3 is 25.0 Å². The van der Waals surface area contributed by atoms with Gasteiger partial charge in [0.05, 0.1) is 5.69 Å². The standard InChI is InChI=1S/C22H33N3O4.C2H6/c1-15-12-19-18(13-17(15)20(26)24-16-8-7-9-23-14-16)25(10-5-6-11-28-4)21(27)22(2,3)29-19;1-2/h12-13,16,23H,5-11,14H2,1-4H3,(H,24,26);1-2H3/t16-;/m1./s1. The van der Waals surface area contributed by atoms with Crippen LogP contribution >= 0.6 is 0 Å². The maximum atomic E-state index is 13.0. The first kappa shape index (κ1) is 25.1. The van der Waals surface area contributed by atoms with Crippen molar-refractivity contribution in [3.8, 4) is 5.75 Å². The number of carbonyl (C=O) groups excluding carboxylic acids is 2. The number of hydrogen-bond donors (Lipinski definition) is 2. The maximum Gasteiger partial charge on any atom is 0.270 e. The number of nitrogens with one attached hydrogen (secondary N) is 2. The average molecular weight is 434 g/mol. The highest BCUT2D eigenvalue weighted by atomic mass is 16.5. The highest BCUT2D eigenvalue weighted by Gasteiger charge is 2.41. The summed E-state index contributed by atoms with van der Waals surface area (Å²) in [5.41, 5.74) is 1.17. The Bertz CT molecular complexity index is 757. The zero-order chi connectivity index (χ0) is 23.0. The first-order valence-electron chi connectivity index (χ1n) is 11.5. The second kappa shape index (κ2) is 11.5. The van der Waals surface area contributed by atoms with Gasteiger partial charge in [-0.05, 0) is 70.7 Å². The summed E-state index contributed by atoms with van der Waals surface area (Å²) in [6, 6.07) is 3.81. The van der Waals surface area contributed by atoms with Crippen molar-refractivity contribution in [2.45, 2.75) is 71.9 Å². The molecule has 1 atom stereocenters. The van der Waals surface area contributed by atoms with E-state index >= 15 is 0 Å². The second-order valence-corrected chi connectivity index (χ2v) is 8.42. The number of piperidine rings is 1. The number of aryl methyl sites for hydroxylation is 1. The van der Waals surface area contributed by atoms with E-state index in [9.17, 15) is 9.59 Å². The van der Waals surface area contributed by atoms with E-state index in [0.717, 1.165) is 44.3 Å². The molecule has 7 nitrogen and oxygen atoms in total. The smallest absolute Gasteiger partial charge is 0.270 e. The normalized spacial score (nSPS) is 19.6. The molecule has 0 aromatic heterocycles. The summed E-state index contributed by atoms with van der Waals surface area (Å²) in [5, 5.41) is 6.44. The van der Waals surface area contributed by atoms with Crippen molar-refractivity contribution in [3.05, 3.63) is 23.3 Å². The van der Waals surface area contributed by atoms with Crippen LogP contribution in [-0.4, -0.2) is 56.8 Å². The van der Waals surface area contributed by atoms with Crippen molar-refractivity contribution in [1.82, 2.24) is 10.6 Å². The monoisotopic (exact) mass is 433 g/mol. The van der Waals surface area contributed by atoms with E-state index < -0.39 is 5.60 Å². The van der Waals surface area contributed by atoms with Crippen LogP contribution in [0.1, 0.15) is 69.3 Å². The summed E-state index contributed by atoms with van der Waals surface area (Å²) in [5.74, 6) is 0.458. The van der Waals surface area contributed by atoms with Crippen LogP contribution < -0.4 is 20.3 Å². The first-order chi connectivity index (χ1) is 14.8. The van der Waals surface area contributed by atoms with Crippen LogP contribution in [0.5, 0.6) is 5.75 Å². The molecular weight excluding hydrogens is 394 g/mol. The molecular formula is C24H39N3O4. The van der Waals surface area contributed by atoms with Gasteiger partial charge in [0.2, 0.25) is 0 Å². The zero-order valence-electron chi connectivity index (χ0n) is 20.0. The Morgan fingerprint density at radius 1 is 1.32 bits per heavy atom. The fourth-order valence-electron chi connectivity index (χ4n) is 3.94. The Labute approximate surface area is 186 Å². The van der Waals surface area contributed by atoms with Gasteiger partial charge >= 0.3 is 0 Å². The Morgan fingerprint density at radius 2 is 2.06 bits per heavy atom. The molecule has 2 aliphatic rings. The number of methoxy groups -OCH3 is 1. The number of benzene rings is 1. The summed E-state index contributed by atoms with van der Waals surface area (Å²) in [4.78, 5) is 27.7. The fraction of sp³-hybridized carbons (Fsp3) is 0.667. The third-order valence-electron chi connectivity index (χ3n) is 5.58. The molecule has 0 radical (unpaired) electrons. The SMILES string of the molecule is CC.COCCCCN1C(=O)C(C)(C)Oc2cc(C)c(C(=O)N[C@@H]3CCCNC3)cc21. The predicted octanol–water partition coefficient (Wildman–Crippen LogP) is 3.43. The van der Waals surface area contributed by atoms with Gasteiger partial charge in [0.1, 0.15) is 5.75 Å². The Balaban J connectivity index is 0.00000166. The summed E-state index contributed by atoms with van der Waals surface area (Å²) in [7, 11) is 1.67. The lowest BCUT2D eigenvalue weighted by Crippen LogP contribution is -2.53. The molecule has 0 spiro atoms. The molecule has 0 saturated carbocycles. The van der Waals surface area contributed by atoms with Gasteiger partial charge in [-0.3, -0.25) is 9.59 Å². The minimum Gasteiger partial charge on any atom is -0.476 e. The van der Waals surface area contributed by atoms with Crippen LogP contribution in [0.4, 0.5) is 5.69 Å². The summed E-state index contributed by atoms with van der Waals surface area (Å²) in [6.07, 6.45) is 3.72. The number of anilines is 1. The molecule has 1 fully saturated rings. The van der Waals surface area contributed by atoms with Crippen LogP contribution in [0, 0.1) is 6.92 Å². The van der Waals surface area contributed by atoms with Crippen LogP contribution in [0.3, 0.4) is 0 Å². The lowest BCUT2D eigenvalue weighted by molar-refractivity contribution is -0.132. The molecule has 0 aliphatic carbocycles. The summed E-state index contributed by atoms with van der Waals surface area (Å²) >= 11 is 0. The first-order valence-corrected chi connectivity index (χ1v) is 11.5. The molecule has 2 aliphatic heterocycles. The van der Waals surface area contributed by atoms with Gasteiger partial charge in [-0.1, -0.05) is 13.8 Å². The third-order valence-corrected chi connectivity index (χ3v) is 5.58. The lowest BCUT2D eigenvalue weighted by atomic mass is 9.99. The molecule has 0 bridgehead atoms. The number of carbonyl (C=O) groups is 2. The molecule has 31 heavy (non-hydrogen) atoms. The van der Waals surface area contributed by atoms with E-state index in [2.05, 4.69) is 10.6 Å². The maximum absolute atomic E-state index is 13.0. The lowest BCUT2D eigenvalue weighted by Gasteiger charge is -2.39. The number of nitrogens with zero attached hydrogens (tertiary/aromatic N) is 1. The van der Waals surface area contributed by atoms with Crippen molar-refractivity contribution in [2.24, 2.45) is 0 Å². The zero-order valence-corrected chi connectivity index (χ0v) is 20.0. The largest absolute Gasteiger partial charge is 0.476 e. The van der Waals surface area contributed by atoms with Crippen molar-refractivity contribution >= 4 is 17.5 Å². The topological polar surface area (TPSA) is 79.9 Å². The van der Waals surface area contributed by atoms with Crippen molar-refractivity contribution < 1.29 is 19.1 Å². The van der Waals surface area contributed by atoms with Crippen LogP contribution in [0.2, 0.25) is 0 Å². The van der Waals surface area contributed by atoms with Crippen LogP contribution in [0.25, 0.3) is 0 Å². The van der Waals surface area contributed by atoms with Crippen LogP contribution in [0.15, 0.2) is 12.1 Å². The van der Waals surface area contributed by atoms with Gasteiger partial charge in [0.25, 0.3) is 11.8 Å². The Morgan fingerprint density at radius 3 is 2.71 bits per heavy atom. The molecule has 1 saturated heterocycles. The molecule has 2 amide bonds. The summed E-state index contributed by atoms with van der Waals surface area (Å²) in [6.45, 7) is 12.5. The minimum absolute atomic E-state index is 0.0888. The number of hydrogen-bond acceptors (Lipinski definition) is 5. The van der Waals surface area contributed by atoms with E-state index in [1.807, 2.05) is 26.8 Å². The molecule has 174 valence electrons. The number of rotatable bonds is 7. The van der Waals surface area contributed by atoms with E-state index in [0.29, 0.717) is 30.2 Å². The second-order valence-electron chi connectivity index (χ2n) is 8.42. The number of fused-ring (bicyclic) bond motifs is 1. The quantitative estimate of drug-likeness (QED) is 0.644. The average Bonchev–Trinajstić information content (AvgIpc) is 2.75. The Kier molecular flexibility index (Phi) is 9.32. The van der Waals surface area contributed by atoms with Gasteiger partial charge in [-0.15, -0.1) is 0 Å². The summed E-state index contributed by atoms with van der Waals surface area (Å²) < 4.78 is 11.1. The number of unbranched alkanes of at least 4 members (excludes halogenated alkanes) is 1. The molecule has 1 aromatic rings. The molecule has 7 heteroatoms. The van der Waals surface area contributed by atoms with Crippen molar-refractivity contribution in [1.29, 1.82) is 0 Å². The Hall–Kier alpha value is -2.12. The van der Waals surface area contributed by atoms with Gasteiger partial charge in [-0.2, -0.15) is 0 Å². The molecule has 0 unspecified atom stereocenters. The highest BCUT2D eigenvalue weighted by molar-refractivity contribution is 6.04. The van der Waals surface area contributed by atoms with Gasteiger partial charge in [-0.25, -0.2) is 0 Å². The number of ether oxygens (including phenoxy) is 2. The minimum atomic E-state index is -0.932. The van der Waals surface area contributed by atoms with Gasteiger partial charge in [0, 0.05) is 38.4 Å². The van der Waals surface area contributed by atoms with Gasteiger partial charge in [0.15, 0.2) is 5.60 Å². The number of amides is 2. The van der Waals surface area contributed by atoms with E-state index in [1.54, 1.807) is 31.9 Å². The molecule has 1 aromatic carbocycles. The van der Waals surface area contributed by atoms with Crippen LogP contribution in [-0.2, 0) is 9.53 Å². The van der Waals surface area contributed by atoms with Crippen molar-refractivity contribution in [3.63, 3.8) is 0 Å². The van der Waals surface area contributed by atoms with Crippen molar-refractivity contribution in [2.75, 3.05) is 38.3 Å². The van der Waals surface area contributed by atoms with E-state index in [1.165, 1.54) is 0 Å². The fourth-order valence-corrected chi connectivity index (χ4v) is 3.94. The van der Waals surface area contributed by atoms with E-state index in [-0.39, 0.29) is 17.9 Å². The molecule has 2 N–H and O–H groups in total.